The summed E-state index contributed by atoms with van der Waals surface area (Å²) in [6.07, 6.45) is 3.99. The Balaban J connectivity index is 2.59. The fraction of sp³-hybridized carbons (Fsp3) is 1.00. The van der Waals surface area contributed by atoms with E-state index in [-0.39, 0.29) is 5.54 Å². The van der Waals surface area contributed by atoms with Gasteiger partial charge in [0.2, 0.25) is 0 Å². The van der Waals surface area contributed by atoms with Crippen molar-refractivity contribution < 1.29 is 0 Å². The van der Waals surface area contributed by atoms with Crippen molar-refractivity contribution in [2.24, 2.45) is 11.8 Å². The van der Waals surface area contributed by atoms with Crippen LogP contribution in [0.4, 0.5) is 0 Å². The summed E-state index contributed by atoms with van der Waals surface area (Å²) in [7, 11) is 0. The van der Waals surface area contributed by atoms with Gasteiger partial charge in [-0.25, -0.2) is 0 Å². The van der Waals surface area contributed by atoms with Gasteiger partial charge in [0.15, 0.2) is 0 Å². The summed E-state index contributed by atoms with van der Waals surface area (Å²) in [5.74, 6) is 1.63. The molecule has 2 nitrogen and oxygen atoms in total. The Kier molecular flexibility index (Phi) is 6.13. The number of piperazine rings is 1. The normalized spacial score (nSPS) is 26.5. The van der Waals surface area contributed by atoms with Crippen molar-refractivity contribution in [1.29, 1.82) is 0 Å². The van der Waals surface area contributed by atoms with E-state index in [4.69, 9.17) is 0 Å². The van der Waals surface area contributed by atoms with E-state index in [1.54, 1.807) is 0 Å². The first-order valence-electron chi connectivity index (χ1n) is 7.83. The van der Waals surface area contributed by atoms with Crippen LogP contribution in [0, 0.1) is 11.8 Å². The lowest BCUT2D eigenvalue weighted by molar-refractivity contribution is 0.0687. The van der Waals surface area contributed by atoms with Crippen molar-refractivity contribution in [2.75, 3.05) is 19.6 Å². The molecule has 2 unspecified atom stereocenters. The number of nitrogens with one attached hydrogen (secondary N) is 1. The fourth-order valence-electron chi connectivity index (χ4n) is 3.19. The first-order chi connectivity index (χ1) is 8.34. The van der Waals surface area contributed by atoms with E-state index in [0.29, 0.717) is 0 Å². The van der Waals surface area contributed by atoms with Gasteiger partial charge in [-0.05, 0) is 38.5 Å². The van der Waals surface area contributed by atoms with Crippen molar-refractivity contribution >= 4 is 0 Å². The van der Waals surface area contributed by atoms with Gasteiger partial charge < -0.3 is 5.32 Å². The number of hydrogen-bond donors (Lipinski definition) is 1. The van der Waals surface area contributed by atoms with Crippen LogP contribution in [-0.4, -0.2) is 36.1 Å². The molecule has 1 heterocycles. The maximum absolute atomic E-state index is 3.71. The Labute approximate surface area is 115 Å². The van der Waals surface area contributed by atoms with E-state index < -0.39 is 0 Å². The maximum Gasteiger partial charge on any atom is 0.0252 e. The minimum Gasteiger partial charge on any atom is -0.309 e. The third-order valence-corrected chi connectivity index (χ3v) is 4.00. The summed E-state index contributed by atoms with van der Waals surface area (Å²) < 4.78 is 0. The molecule has 2 heteroatoms. The smallest absolute Gasteiger partial charge is 0.0252 e. The molecule has 1 aliphatic rings. The van der Waals surface area contributed by atoms with Crippen LogP contribution in [0.25, 0.3) is 0 Å². The second kappa shape index (κ2) is 6.91. The summed E-state index contributed by atoms with van der Waals surface area (Å²) in [4.78, 5) is 2.75. The van der Waals surface area contributed by atoms with Crippen LogP contribution in [0.2, 0.25) is 0 Å². The fourth-order valence-corrected chi connectivity index (χ4v) is 3.19. The highest BCUT2D eigenvalue weighted by Gasteiger charge is 2.32. The summed E-state index contributed by atoms with van der Waals surface area (Å²) in [6.45, 7) is 17.7. The molecule has 0 aromatic heterocycles. The summed E-state index contributed by atoms with van der Waals surface area (Å²) in [6, 6.07) is 0.734. The number of nitrogens with zero attached hydrogens (tertiary/aromatic N) is 1. The Morgan fingerprint density at radius 3 is 2.50 bits per heavy atom. The van der Waals surface area contributed by atoms with Gasteiger partial charge in [0.1, 0.15) is 0 Å². The predicted octanol–water partition coefficient (Wildman–Crippen LogP) is 3.52. The van der Waals surface area contributed by atoms with Crippen LogP contribution in [0.1, 0.15) is 60.8 Å². The van der Waals surface area contributed by atoms with E-state index in [1.807, 2.05) is 0 Å². The molecule has 0 bridgehead atoms. The molecule has 0 aliphatic carbocycles. The monoisotopic (exact) mass is 254 g/mol. The van der Waals surface area contributed by atoms with Crippen LogP contribution in [-0.2, 0) is 0 Å². The summed E-state index contributed by atoms with van der Waals surface area (Å²) >= 11 is 0. The minimum absolute atomic E-state index is 0.277. The van der Waals surface area contributed by atoms with Crippen molar-refractivity contribution in [2.45, 2.75) is 72.4 Å². The lowest BCUT2D eigenvalue weighted by atomic mass is 9.92. The molecule has 1 rings (SSSR count). The molecule has 1 aliphatic heterocycles. The average Bonchev–Trinajstić information content (AvgIpc) is 2.21. The predicted molar refractivity (Wildman–Crippen MR) is 81.0 cm³/mol. The largest absolute Gasteiger partial charge is 0.309 e. The van der Waals surface area contributed by atoms with Gasteiger partial charge >= 0.3 is 0 Å². The molecule has 0 spiro atoms. The highest BCUT2D eigenvalue weighted by atomic mass is 15.2. The highest BCUT2D eigenvalue weighted by molar-refractivity contribution is 4.92. The quantitative estimate of drug-likeness (QED) is 0.780. The highest BCUT2D eigenvalue weighted by Crippen LogP contribution is 2.22. The summed E-state index contributed by atoms with van der Waals surface area (Å²) in [5.41, 5.74) is 0.277. The molecule has 1 saturated heterocycles. The summed E-state index contributed by atoms with van der Waals surface area (Å²) in [5, 5.41) is 3.71. The topological polar surface area (TPSA) is 15.3 Å². The molecule has 108 valence electrons. The third-order valence-electron chi connectivity index (χ3n) is 4.00. The van der Waals surface area contributed by atoms with E-state index in [9.17, 15) is 0 Å². The van der Waals surface area contributed by atoms with E-state index in [0.717, 1.165) is 24.4 Å². The molecular weight excluding hydrogens is 220 g/mol. The Bertz CT molecular complexity index is 235. The number of rotatable bonds is 6. The van der Waals surface area contributed by atoms with E-state index >= 15 is 0 Å². The van der Waals surface area contributed by atoms with Gasteiger partial charge in [-0.3, -0.25) is 4.90 Å². The molecule has 2 atom stereocenters. The second-order valence-corrected chi connectivity index (χ2v) is 7.37. The average molecular weight is 254 g/mol. The maximum atomic E-state index is 3.71. The minimum atomic E-state index is 0.277. The van der Waals surface area contributed by atoms with Crippen molar-refractivity contribution in [3.05, 3.63) is 0 Å². The molecule has 1 N–H and O–H groups in total. The van der Waals surface area contributed by atoms with Gasteiger partial charge in [-0.1, -0.05) is 34.1 Å². The van der Waals surface area contributed by atoms with Crippen LogP contribution in [0.15, 0.2) is 0 Å². The first kappa shape index (κ1) is 16.0. The Morgan fingerprint density at radius 1 is 1.28 bits per heavy atom. The molecule has 0 aromatic rings. The van der Waals surface area contributed by atoms with Gasteiger partial charge in [0, 0.05) is 31.2 Å². The van der Waals surface area contributed by atoms with Gasteiger partial charge in [0.25, 0.3) is 0 Å². The lowest BCUT2D eigenvalue weighted by Gasteiger charge is -2.46. The molecule has 0 saturated carbocycles. The second-order valence-electron chi connectivity index (χ2n) is 7.37. The van der Waals surface area contributed by atoms with E-state index in [2.05, 4.69) is 51.8 Å². The number of hydrogen-bond acceptors (Lipinski definition) is 2. The standard InChI is InChI=1S/C16H34N2/c1-7-8-14(4)11-18-12-16(5,6)17-10-15(18)9-13(2)3/h13-15,17H,7-12H2,1-6H3. The van der Waals surface area contributed by atoms with E-state index in [1.165, 1.54) is 32.4 Å². The molecule has 0 radical (unpaired) electrons. The van der Waals surface area contributed by atoms with Crippen LogP contribution < -0.4 is 5.32 Å². The zero-order valence-corrected chi connectivity index (χ0v) is 13.4. The zero-order chi connectivity index (χ0) is 13.8. The van der Waals surface area contributed by atoms with Crippen molar-refractivity contribution in [3.63, 3.8) is 0 Å². The van der Waals surface area contributed by atoms with Gasteiger partial charge in [0.05, 0.1) is 0 Å². The molecule has 1 fully saturated rings. The van der Waals surface area contributed by atoms with Crippen LogP contribution in [0.5, 0.6) is 0 Å². The third kappa shape index (κ3) is 5.27. The molecule has 18 heavy (non-hydrogen) atoms. The molecule has 0 amide bonds. The van der Waals surface area contributed by atoms with Crippen molar-refractivity contribution in [1.82, 2.24) is 10.2 Å². The van der Waals surface area contributed by atoms with Gasteiger partial charge in [-0.2, -0.15) is 0 Å². The van der Waals surface area contributed by atoms with Gasteiger partial charge in [-0.15, -0.1) is 0 Å². The zero-order valence-electron chi connectivity index (χ0n) is 13.4. The van der Waals surface area contributed by atoms with Crippen molar-refractivity contribution in [3.8, 4) is 0 Å². The Hall–Kier alpha value is -0.0800. The molecule has 0 aromatic carbocycles. The Morgan fingerprint density at radius 2 is 1.94 bits per heavy atom. The van der Waals surface area contributed by atoms with Crippen LogP contribution >= 0.6 is 0 Å². The SMILES string of the molecule is CCCC(C)CN1CC(C)(C)NCC1CC(C)C. The molecular formula is C16H34N2. The van der Waals surface area contributed by atoms with Crippen LogP contribution in [0.3, 0.4) is 0 Å². The lowest BCUT2D eigenvalue weighted by Crippen LogP contribution is -2.62. The first-order valence-corrected chi connectivity index (χ1v) is 7.83.